The van der Waals surface area contributed by atoms with E-state index in [0.29, 0.717) is 45.4 Å². The van der Waals surface area contributed by atoms with E-state index in [1.807, 2.05) is 121 Å². The summed E-state index contributed by atoms with van der Waals surface area (Å²) in [7, 11) is 2.53. The van der Waals surface area contributed by atoms with E-state index >= 15 is 0 Å². The van der Waals surface area contributed by atoms with Crippen LogP contribution in [-0.4, -0.2) is 109 Å². The van der Waals surface area contributed by atoms with Gasteiger partial charge in [-0.1, -0.05) is 155 Å². The molecular weight excluding hydrogens is 875 g/mol. The van der Waals surface area contributed by atoms with Crippen LogP contribution in [0.5, 0.6) is 0 Å². The first kappa shape index (κ1) is 62.1. The van der Waals surface area contributed by atoms with Gasteiger partial charge in [0, 0.05) is 39.0 Å². The van der Waals surface area contributed by atoms with Gasteiger partial charge in [-0.2, -0.15) is 0 Å². The molecule has 4 aromatic rings. The fraction of sp³-hybridized carbons (Fsp3) is 0.382. The molecule has 14 nitrogen and oxygen atoms in total. The van der Waals surface area contributed by atoms with Crippen LogP contribution >= 0.6 is 0 Å². The lowest BCUT2D eigenvalue weighted by atomic mass is 10.0. The Kier molecular flexibility index (Phi) is 32.6. The summed E-state index contributed by atoms with van der Waals surface area (Å²) in [6, 6.07) is 36.4. The van der Waals surface area contributed by atoms with Gasteiger partial charge in [0.25, 0.3) is 0 Å². The van der Waals surface area contributed by atoms with Gasteiger partial charge >= 0.3 is 17.9 Å². The van der Waals surface area contributed by atoms with Crippen LogP contribution in [-0.2, 0) is 63.9 Å². The molecule has 0 saturated carbocycles. The number of aliphatic carboxylic acids is 1. The van der Waals surface area contributed by atoms with Gasteiger partial charge in [0.15, 0.2) is 0 Å². The minimum Gasteiger partial charge on any atom is -0.481 e. The zero-order chi connectivity index (χ0) is 49.4. The molecule has 0 aliphatic carbocycles. The van der Waals surface area contributed by atoms with E-state index in [1.165, 1.54) is 19.8 Å². The fourth-order valence-electron chi connectivity index (χ4n) is 6.58. The number of hydrogen-bond acceptors (Lipinski definition) is 10. The third-order valence-electron chi connectivity index (χ3n) is 10.5. The predicted molar refractivity (Wildman–Crippen MR) is 275 cm³/mol. The number of carboxylic acid groups (broad SMARTS) is 1. The molecule has 376 valence electrons. The molecule has 14 heteroatoms. The predicted octanol–water partition coefficient (Wildman–Crippen LogP) is 7.00. The Balaban J connectivity index is 0.00000110. The SMILES string of the molecule is C.C.C=CCN(CCc1ccccc1)C(=O)CC[C@H](N)C(=O)OC.C=CCN(CCc1ccccc1)C(=O)CC[C@H](NC(=O)[C@H](N)Cc1ccccc1)C(=O)OC.C[C@H](Cc1ccccc1)C(=O)O. The highest BCUT2D eigenvalue weighted by atomic mass is 16.5. The summed E-state index contributed by atoms with van der Waals surface area (Å²) in [5.41, 5.74) is 16.0. The van der Waals surface area contributed by atoms with Gasteiger partial charge in [0.05, 0.1) is 26.2 Å². The molecule has 4 atom stereocenters. The van der Waals surface area contributed by atoms with Gasteiger partial charge in [0.2, 0.25) is 17.7 Å². The van der Waals surface area contributed by atoms with Crippen molar-refractivity contribution in [3.8, 4) is 0 Å². The minimum atomic E-state index is -0.951. The zero-order valence-corrected chi connectivity index (χ0v) is 39.2. The molecule has 0 radical (unpaired) electrons. The summed E-state index contributed by atoms with van der Waals surface area (Å²) in [5.74, 6) is -2.76. The van der Waals surface area contributed by atoms with Crippen LogP contribution in [0.4, 0.5) is 0 Å². The Bertz CT molecular complexity index is 2090. The highest BCUT2D eigenvalue weighted by Gasteiger charge is 2.26. The van der Waals surface area contributed by atoms with Crippen molar-refractivity contribution in [1.29, 1.82) is 0 Å². The quantitative estimate of drug-likeness (QED) is 0.0393. The van der Waals surface area contributed by atoms with Gasteiger partial charge < -0.3 is 41.2 Å². The van der Waals surface area contributed by atoms with E-state index in [9.17, 15) is 28.8 Å². The molecule has 0 aliphatic rings. The molecule has 0 unspecified atom stereocenters. The normalized spacial score (nSPS) is 11.7. The summed E-state index contributed by atoms with van der Waals surface area (Å²) in [5, 5.41) is 11.3. The fourth-order valence-corrected chi connectivity index (χ4v) is 6.58. The summed E-state index contributed by atoms with van der Waals surface area (Å²) in [4.78, 5) is 75.0. The summed E-state index contributed by atoms with van der Waals surface area (Å²) < 4.78 is 9.37. The first-order valence-electron chi connectivity index (χ1n) is 22.4. The van der Waals surface area contributed by atoms with Crippen molar-refractivity contribution in [3.05, 3.63) is 169 Å². The smallest absolute Gasteiger partial charge is 0.328 e. The second-order valence-electron chi connectivity index (χ2n) is 15.7. The van der Waals surface area contributed by atoms with E-state index in [4.69, 9.17) is 21.3 Å². The Hall–Kier alpha value is -6.90. The van der Waals surface area contributed by atoms with Gasteiger partial charge in [-0.15, -0.1) is 13.2 Å². The maximum Gasteiger partial charge on any atom is 0.328 e. The van der Waals surface area contributed by atoms with Crippen molar-refractivity contribution in [2.75, 3.05) is 40.4 Å². The number of carbonyl (C=O) groups excluding carboxylic acids is 5. The van der Waals surface area contributed by atoms with Crippen LogP contribution in [0.15, 0.2) is 147 Å². The largest absolute Gasteiger partial charge is 0.481 e. The number of carboxylic acids is 1. The molecule has 69 heavy (non-hydrogen) atoms. The first-order chi connectivity index (χ1) is 32.2. The first-order valence-corrected chi connectivity index (χ1v) is 22.4. The van der Waals surface area contributed by atoms with Crippen LogP contribution < -0.4 is 16.8 Å². The molecule has 4 aromatic carbocycles. The topological polar surface area (TPSA) is 212 Å². The molecule has 0 aliphatic heterocycles. The second kappa shape index (κ2) is 36.2. The van der Waals surface area contributed by atoms with E-state index in [1.54, 1.807) is 28.9 Å². The highest BCUT2D eigenvalue weighted by Crippen LogP contribution is 2.11. The van der Waals surface area contributed by atoms with Crippen molar-refractivity contribution < 1.29 is 43.3 Å². The molecule has 6 N–H and O–H groups in total. The highest BCUT2D eigenvalue weighted by molar-refractivity contribution is 5.88. The summed E-state index contributed by atoms with van der Waals surface area (Å²) in [6.45, 7) is 11.2. The molecular formula is C55H77N5O9. The van der Waals surface area contributed by atoms with Crippen molar-refractivity contribution in [3.63, 3.8) is 0 Å². The maximum absolute atomic E-state index is 12.8. The van der Waals surface area contributed by atoms with Crippen LogP contribution in [0.3, 0.4) is 0 Å². The van der Waals surface area contributed by atoms with Crippen molar-refractivity contribution in [2.45, 2.75) is 91.3 Å². The lowest BCUT2D eigenvalue weighted by molar-refractivity contribution is -0.146. The number of nitrogens with zero attached hydrogens (tertiary/aromatic N) is 2. The standard InChI is InChI=1S/C26H33N3O4.C17H24N2O3.C10H12O2.2CH4/c1-3-17-29(18-16-20-10-6-4-7-11-20)24(30)15-14-23(26(32)33-2)28-25(31)22(27)19-21-12-8-5-9-13-21;1-3-12-19(13-11-14-7-5-4-6-8-14)16(20)10-9-15(18)17(21)22-2;1-8(10(11)12)7-9-5-3-2-4-6-9;;/h3-13,22-23H,1,14-19,27H2,2H3,(H,28,31);3-8,15H,1,9-13,18H2,2H3;2-6,8H,7H2,1H3,(H,11,12);2*1H4/t22-,23+;15-;8-;;/m101../s1. The average Bonchev–Trinajstić information content (AvgIpc) is 3.35. The van der Waals surface area contributed by atoms with Gasteiger partial charge in [0.1, 0.15) is 12.1 Å². The average molecular weight is 952 g/mol. The molecule has 0 saturated heterocycles. The maximum atomic E-state index is 12.8. The van der Waals surface area contributed by atoms with Crippen molar-refractivity contribution >= 4 is 35.6 Å². The number of nitrogens with one attached hydrogen (secondary N) is 1. The number of ether oxygens (including phenoxy) is 2. The number of methoxy groups -OCH3 is 2. The van der Waals surface area contributed by atoms with Gasteiger partial charge in [-0.3, -0.25) is 24.0 Å². The van der Waals surface area contributed by atoms with E-state index in [2.05, 4.69) is 23.2 Å². The van der Waals surface area contributed by atoms with Crippen molar-refractivity contribution in [1.82, 2.24) is 15.1 Å². The number of nitrogens with two attached hydrogens (primary N) is 2. The summed E-state index contributed by atoms with van der Waals surface area (Å²) >= 11 is 0. The molecule has 0 bridgehead atoms. The monoisotopic (exact) mass is 952 g/mol. The molecule has 3 amide bonds. The van der Waals surface area contributed by atoms with Crippen LogP contribution in [0.25, 0.3) is 0 Å². The van der Waals surface area contributed by atoms with Gasteiger partial charge in [-0.05, 0) is 60.8 Å². The number of esters is 2. The number of carbonyl (C=O) groups is 6. The zero-order valence-electron chi connectivity index (χ0n) is 39.2. The lowest BCUT2D eigenvalue weighted by Crippen LogP contribution is -2.50. The van der Waals surface area contributed by atoms with Gasteiger partial charge in [-0.25, -0.2) is 4.79 Å². The molecule has 0 heterocycles. The lowest BCUT2D eigenvalue weighted by Gasteiger charge is -2.23. The minimum absolute atomic E-state index is 0. The van der Waals surface area contributed by atoms with E-state index in [-0.39, 0.29) is 58.3 Å². The third-order valence-corrected chi connectivity index (χ3v) is 10.5. The Morgan fingerprint density at radius 1 is 0.594 bits per heavy atom. The van der Waals surface area contributed by atoms with Crippen LogP contribution in [0.1, 0.15) is 69.7 Å². The number of amides is 3. The number of hydrogen-bond donors (Lipinski definition) is 4. The molecule has 0 spiro atoms. The third kappa shape index (κ3) is 25.7. The van der Waals surface area contributed by atoms with Crippen LogP contribution in [0, 0.1) is 5.92 Å². The van der Waals surface area contributed by atoms with E-state index < -0.39 is 41.9 Å². The second-order valence-corrected chi connectivity index (χ2v) is 15.7. The Morgan fingerprint density at radius 3 is 1.35 bits per heavy atom. The molecule has 0 fully saturated rings. The van der Waals surface area contributed by atoms with Crippen LogP contribution in [0.2, 0.25) is 0 Å². The van der Waals surface area contributed by atoms with E-state index in [0.717, 1.165) is 23.1 Å². The Morgan fingerprint density at radius 2 is 0.971 bits per heavy atom. The number of rotatable bonds is 25. The number of benzene rings is 4. The summed E-state index contributed by atoms with van der Waals surface area (Å²) in [6.07, 6.45) is 6.51. The molecule has 0 aromatic heterocycles. The Labute approximate surface area is 410 Å². The van der Waals surface area contributed by atoms with Crippen molar-refractivity contribution in [2.24, 2.45) is 17.4 Å². The molecule has 4 rings (SSSR count).